The average molecular weight is 345 g/mol. The molecule has 0 saturated heterocycles. The number of nitrogen functional groups attached to an aromatic ring is 1. The molecule has 0 fully saturated rings. The summed E-state index contributed by atoms with van der Waals surface area (Å²) >= 11 is 11.7. The summed E-state index contributed by atoms with van der Waals surface area (Å²) in [6.07, 6.45) is 0. The van der Waals surface area contributed by atoms with Crippen LogP contribution in [-0.4, -0.2) is 8.42 Å². The molecule has 4 nitrogen and oxygen atoms in total. The lowest BCUT2D eigenvalue weighted by Gasteiger charge is -2.12. The van der Waals surface area contributed by atoms with Gasteiger partial charge in [-0.1, -0.05) is 23.2 Å². The lowest BCUT2D eigenvalue weighted by molar-refractivity contribution is 0.601. The Hall–Kier alpha value is -1.43. The van der Waals surface area contributed by atoms with Crippen LogP contribution in [0, 0.1) is 13.8 Å². The number of hydrogen-bond acceptors (Lipinski definition) is 3. The van der Waals surface area contributed by atoms with Crippen LogP contribution in [0.1, 0.15) is 11.1 Å². The number of rotatable bonds is 3. The van der Waals surface area contributed by atoms with Gasteiger partial charge in [-0.2, -0.15) is 0 Å². The minimum atomic E-state index is -3.79. The molecule has 2 aromatic carbocycles. The number of anilines is 2. The first-order valence-corrected chi connectivity index (χ1v) is 8.29. The molecule has 2 aromatic rings. The van der Waals surface area contributed by atoms with E-state index in [4.69, 9.17) is 28.9 Å². The fraction of sp³-hybridized carbons (Fsp3) is 0.143. The van der Waals surface area contributed by atoms with Gasteiger partial charge in [-0.05, 0) is 55.3 Å². The third-order valence-electron chi connectivity index (χ3n) is 3.09. The first-order chi connectivity index (χ1) is 9.70. The number of sulfonamides is 1. The summed E-state index contributed by atoms with van der Waals surface area (Å²) in [6, 6.07) is 7.68. The normalized spacial score (nSPS) is 11.4. The third-order valence-corrected chi connectivity index (χ3v) is 5.26. The van der Waals surface area contributed by atoms with Crippen molar-refractivity contribution in [2.75, 3.05) is 10.5 Å². The quantitative estimate of drug-likeness (QED) is 0.826. The Balaban J connectivity index is 2.43. The number of hydrogen-bond donors (Lipinski definition) is 2. The lowest BCUT2D eigenvalue weighted by atomic mass is 10.1. The molecule has 0 unspecified atom stereocenters. The Kier molecular flexibility index (Phi) is 4.37. The average Bonchev–Trinajstić information content (AvgIpc) is 2.37. The fourth-order valence-electron chi connectivity index (χ4n) is 1.81. The predicted molar refractivity (Wildman–Crippen MR) is 87.6 cm³/mol. The van der Waals surface area contributed by atoms with Crippen LogP contribution < -0.4 is 10.5 Å². The molecule has 112 valence electrons. The van der Waals surface area contributed by atoms with Crippen LogP contribution in [0.5, 0.6) is 0 Å². The molecule has 0 aliphatic heterocycles. The van der Waals surface area contributed by atoms with Crippen molar-refractivity contribution in [2.45, 2.75) is 18.7 Å². The maximum absolute atomic E-state index is 12.4. The second-order valence-electron chi connectivity index (χ2n) is 4.71. The SMILES string of the molecule is Cc1cc(N)c(S(=O)(=O)Nc2ccc(Cl)c(Cl)c2)cc1C. The van der Waals surface area contributed by atoms with E-state index in [1.165, 1.54) is 18.2 Å². The number of halogens is 2. The molecular formula is C14H14Cl2N2O2S. The highest BCUT2D eigenvalue weighted by Gasteiger charge is 2.19. The molecule has 0 bridgehead atoms. The Bertz CT molecular complexity index is 805. The summed E-state index contributed by atoms with van der Waals surface area (Å²) in [5, 5.41) is 0.621. The highest BCUT2D eigenvalue weighted by molar-refractivity contribution is 7.92. The molecular weight excluding hydrogens is 331 g/mol. The first kappa shape index (κ1) is 15.9. The molecule has 0 atom stereocenters. The molecule has 0 aliphatic rings. The Morgan fingerprint density at radius 3 is 2.24 bits per heavy atom. The van der Waals surface area contributed by atoms with E-state index in [1.807, 2.05) is 13.8 Å². The van der Waals surface area contributed by atoms with E-state index in [1.54, 1.807) is 12.1 Å². The van der Waals surface area contributed by atoms with E-state index in [2.05, 4.69) is 4.72 Å². The van der Waals surface area contributed by atoms with Gasteiger partial charge in [0.15, 0.2) is 0 Å². The number of nitrogens with one attached hydrogen (secondary N) is 1. The van der Waals surface area contributed by atoms with Crippen molar-refractivity contribution in [3.05, 3.63) is 51.5 Å². The Morgan fingerprint density at radius 1 is 1.00 bits per heavy atom. The van der Waals surface area contributed by atoms with Crippen molar-refractivity contribution in [1.29, 1.82) is 0 Å². The molecule has 3 N–H and O–H groups in total. The van der Waals surface area contributed by atoms with E-state index in [-0.39, 0.29) is 15.6 Å². The number of nitrogens with two attached hydrogens (primary N) is 1. The van der Waals surface area contributed by atoms with Crippen molar-refractivity contribution < 1.29 is 8.42 Å². The van der Waals surface area contributed by atoms with Crippen molar-refractivity contribution in [1.82, 2.24) is 0 Å². The van der Waals surface area contributed by atoms with Crippen LogP contribution in [-0.2, 0) is 10.0 Å². The van der Waals surface area contributed by atoms with Gasteiger partial charge in [0.05, 0.1) is 21.4 Å². The highest BCUT2D eigenvalue weighted by atomic mass is 35.5. The second-order valence-corrected chi connectivity index (χ2v) is 7.17. The van der Waals surface area contributed by atoms with Gasteiger partial charge in [-0.15, -0.1) is 0 Å². The monoisotopic (exact) mass is 344 g/mol. The van der Waals surface area contributed by atoms with Crippen molar-refractivity contribution in [2.24, 2.45) is 0 Å². The van der Waals surface area contributed by atoms with E-state index in [9.17, 15) is 8.42 Å². The molecule has 0 heterocycles. The van der Waals surface area contributed by atoms with Crippen LogP contribution >= 0.6 is 23.2 Å². The van der Waals surface area contributed by atoms with E-state index in [0.29, 0.717) is 10.7 Å². The number of aryl methyl sites for hydroxylation is 2. The molecule has 0 amide bonds. The summed E-state index contributed by atoms with van der Waals surface area (Å²) in [4.78, 5) is 0.0386. The fourth-order valence-corrected chi connectivity index (χ4v) is 3.36. The Labute approximate surface area is 133 Å². The van der Waals surface area contributed by atoms with Gasteiger partial charge in [-0.25, -0.2) is 8.42 Å². The van der Waals surface area contributed by atoms with Crippen molar-refractivity contribution in [3.8, 4) is 0 Å². The number of benzene rings is 2. The molecule has 21 heavy (non-hydrogen) atoms. The van der Waals surface area contributed by atoms with Crippen molar-refractivity contribution in [3.63, 3.8) is 0 Å². The minimum absolute atomic E-state index is 0.0386. The van der Waals surface area contributed by atoms with E-state index < -0.39 is 10.0 Å². The zero-order chi connectivity index (χ0) is 15.8. The summed E-state index contributed by atoms with van der Waals surface area (Å²) < 4.78 is 27.3. The topological polar surface area (TPSA) is 72.2 Å². The van der Waals surface area contributed by atoms with Gasteiger partial charge in [0.25, 0.3) is 10.0 Å². The third kappa shape index (κ3) is 3.43. The van der Waals surface area contributed by atoms with Gasteiger partial charge < -0.3 is 5.73 Å². The van der Waals surface area contributed by atoms with Crippen LogP contribution in [0.15, 0.2) is 35.2 Å². The smallest absolute Gasteiger partial charge is 0.263 e. The van der Waals surface area contributed by atoms with Gasteiger partial charge in [0.1, 0.15) is 4.90 Å². The van der Waals surface area contributed by atoms with Gasteiger partial charge >= 0.3 is 0 Å². The molecule has 0 aromatic heterocycles. The maximum Gasteiger partial charge on any atom is 0.263 e. The Morgan fingerprint density at radius 2 is 1.62 bits per heavy atom. The summed E-state index contributed by atoms with van der Waals surface area (Å²) in [5.74, 6) is 0. The van der Waals surface area contributed by atoms with E-state index >= 15 is 0 Å². The summed E-state index contributed by atoms with van der Waals surface area (Å²) in [6.45, 7) is 3.70. The molecule has 0 saturated carbocycles. The lowest BCUT2D eigenvalue weighted by Crippen LogP contribution is -2.15. The largest absolute Gasteiger partial charge is 0.398 e. The van der Waals surface area contributed by atoms with Crippen LogP contribution in [0.4, 0.5) is 11.4 Å². The van der Waals surface area contributed by atoms with Crippen LogP contribution in [0.3, 0.4) is 0 Å². The summed E-state index contributed by atoms with van der Waals surface area (Å²) in [5.41, 5.74) is 8.12. The maximum atomic E-state index is 12.4. The van der Waals surface area contributed by atoms with Gasteiger partial charge in [0.2, 0.25) is 0 Å². The van der Waals surface area contributed by atoms with Gasteiger partial charge in [0, 0.05) is 0 Å². The second kappa shape index (κ2) is 5.75. The van der Waals surface area contributed by atoms with E-state index in [0.717, 1.165) is 11.1 Å². The molecule has 0 spiro atoms. The van der Waals surface area contributed by atoms with Gasteiger partial charge in [-0.3, -0.25) is 4.72 Å². The zero-order valence-corrected chi connectivity index (χ0v) is 13.8. The summed E-state index contributed by atoms with van der Waals surface area (Å²) in [7, 11) is -3.79. The zero-order valence-electron chi connectivity index (χ0n) is 11.4. The molecule has 2 rings (SSSR count). The van der Waals surface area contributed by atoms with Crippen molar-refractivity contribution >= 4 is 44.6 Å². The predicted octanol–water partition coefficient (Wildman–Crippen LogP) is 3.99. The van der Waals surface area contributed by atoms with Crippen LogP contribution in [0.25, 0.3) is 0 Å². The molecule has 0 aliphatic carbocycles. The molecule has 0 radical (unpaired) electrons. The first-order valence-electron chi connectivity index (χ1n) is 6.05. The highest BCUT2D eigenvalue weighted by Crippen LogP contribution is 2.28. The molecule has 7 heteroatoms. The standard InChI is InChI=1S/C14H14Cl2N2O2S/c1-8-5-13(17)14(6-9(8)2)21(19,20)18-10-3-4-11(15)12(16)7-10/h3-7,18H,17H2,1-2H3. The minimum Gasteiger partial charge on any atom is -0.398 e. The van der Waals surface area contributed by atoms with Crippen LogP contribution in [0.2, 0.25) is 10.0 Å².